The highest BCUT2D eigenvalue weighted by atomic mass is 19.1. The van der Waals surface area contributed by atoms with Crippen LogP contribution in [-0.4, -0.2) is 25.0 Å². The lowest BCUT2D eigenvalue weighted by atomic mass is 10.1. The summed E-state index contributed by atoms with van der Waals surface area (Å²) in [5.74, 6) is 0.193. The average molecular weight is 380 g/mol. The topological polar surface area (TPSA) is 61.8 Å². The van der Waals surface area contributed by atoms with Crippen molar-refractivity contribution in [3.63, 3.8) is 0 Å². The molecular formula is C22H17FO5. The highest BCUT2D eigenvalue weighted by Gasteiger charge is 2.11. The zero-order chi connectivity index (χ0) is 19.8. The number of carbonyl (C=O) groups excluding carboxylic acids is 2. The van der Waals surface area contributed by atoms with E-state index in [9.17, 15) is 14.0 Å². The number of ether oxygens (including phenoxy) is 3. The van der Waals surface area contributed by atoms with Gasteiger partial charge in [0.05, 0.1) is 0 Å². The van der Waals surface area contributed by atoms with E-state index in [0.29, 0.717) is 22.8 Å². The molecule has 0 amide bonds. The Labute approximate surface area is 161 Å². The van der Waals surface area contributed by atoms with Crippen LogP contribution in [0, 0.1) is 5.82 Å². The fourth-order valence-electron chi connectivity index (χ4n) is 2.28. The predicted octanol–water partition coefficient (Wildman–Crippen LogP) is 4.42. The molecule has 0 aliphatic heterocycles. The molecule has 0 aliphatic carbocycles. The van der Waals surface area contributed by atoms with Crippen molar-refractivity contribution < 1.29 is 28.2 Å². The van der Waals surface area contributed by atoms with Crippen molar-refractivity contribution in [1.82, 2.24) is 0 Å². The molecule has 28 heavy (non-hydrogen) atoms. The molecule has 0 fully saturated rings. The van der Waals surface area contributed by atoms with Crippen molar-refractivity contribution in [2.75, 3.05) is 13.2 Å². The maximum Gasteiger partial charge on any atom is 0.344 e. The highest BCUT2D eigenvalue weighted by molar-refractivity contribution is 5.98. The minimum Gasteiger partial charge on any atom is -0.482 e. The minimum absolute atomic E-state index is 0.276. The SMILES string of the molecule is O=C(COc1ccccc1)OCC(=O)c1ccc(Oc2ccc(F)cc2)cc1. The van der Waals surface area contributed by atoms with Crippen LogP contribution in [0.2, 0.25) is 0 Å². The van der Waals surface area contributed by atoms with Crippen LogP contribution in [0.4, 0.5) is 4.39 Å². The summed E-state index contributed by atoms with van der Waals surface area (Å²) in [7, 11) is 0. The van der Waals surface area contributed by atoms with Gasteiger partial charge in [-0.15, -0.1) is 0 Å². The van der Waals surface area contributed by atoms with Gasteiger partial charge < -0.3 is 14.2 Å². The molecule has 0 saturated carbocycles. The number of ketones is 1. The molecule has 0 aliphatic rings. The van der Waals surface area contributed by atoms with E-state index < -0.39 is 5.97 Å². The summed E-state index contributed by atoms with van der Waals surface area (Å²) in [5, 5.41) is 0. The van der Waals surface area contributed by atoms with Gasteiger partial charge in [-0.25, -0.2) is 9.18 Å². The Morgan fingerprint density at radius 3 is 1.96 bits per heavy atom. The van der Waals surface area contributed by atoms with Gasteiger partial charge in [-0.2, -0.15) is 0 Å². The third kappa shape index (κ3) is 5.67. The van der Waals surface area contributed by atoms with Gasteiger partial charge in [0, 0.05) is 5.56 Å². The molecule has 0 unspecified atom stereocenters. The first-order chi connectivity index (χ1) is 13.6. The van der Waals surface area contributed by atoms with Gasteiger partial charge in [-0.3, -0.25) is 4.79 Å². The first-order valence-electron chi connectivity index (χ1n) is 8.50. The molecule has 0 saturated heterocycles. The number of esters is 1. The van der Waals surface area contributed by atoms with Gasteiger partial charge >= 0.3 is 5.97 Å². The van der Waals surface area contributed by atoms with Crippen LogP contribution < -0.4 is 9.47 Å². The van der Waals surface area contributed by atoms with E-state index in [1.54, 1.807) is 48.5 Å². The van der Waals surface area contributed by atoms with E-state index in [2.05, 4.69) is 0 Å². The second-order valence-corrected chi connectivity index (χ2v) is 5.77. The summed E-state index contributed by atoms with van der Waals surface area (Å²) in [6.07, 6.45) is 0. The predicted molar refractivity (Wildman–Crippen MR) is 100 cm³/mol. The fourth-order valence-corrected chi connectivity index (χ4v) is 2.28. The zero-order valence-electron chi connectivity index (χ0n) is 14.8. The van der Waals surface area contributed by atoms with Crippen LogP contribution in [0.3, 0.4) is 0 Å². The number of halogens is 1. The summed E-state index contributed by atoms with van der Waals surface area (Å²) < 4.78 is 28.7. The monoisotopic (exact) mass is 380 g/mol. The molecule has 142 valence electrons. The van der Waals surface area contributed by atoms with Gasteiger partial charge in [-0.05, 0) is 60.7 Å². The quantitative estimate of drug-likeness (QED) is 0.428. The largest absolute Gasteiger partial charge is 0.482 e. The van der Waals surface area contributed by atoms with E-state index in [0.717, 1.165) is 0 Å². The first-order valence-corrected chi connectivity index (χ1v) is 8.50. The van der Waals surface area contributed by atoms with E-state index in [1.165, 1.54) is 24.3 Å². The standard InChI is InChI=1S/C22H17FO5/c23-17-8-12-20(13-9-17)28-19-10-6-16(7-11-19)21(24)14-27-22(25)15-26-18-4-2-1-3-5-18/h1-13H,14-15H2. The lowest BCUT2D eigenvalue weighted by molar-refractivity contribution is -0.144. The Morgan fingerprint density at radius 1 is 0.714 bits per heavy atom. The van der Waals surface area contributed by atoms with Gasteiger partial charge in [-0.1, -0.05) is 18.2 Å². The van der Waals surface area contributed by atoms with Crippen molar-refractivity contribution in [3.05, 3.63) is 90.2 Å². The summed E-state index contributed by atoms with van der Waals surface area (Å²) in [5.41, 5.74) is 0.378. The fraction of sp³-hybridized carbons (Fsp3) is 0.0909. The summed E-state index contributed by atoms with van der Waals surface area (Å²) >= 11 is 0. The third-order valence-corrected chi connectivity index (χ3v) is 3.69. The molecule has 0 aromatic heterocycles. The third-order valence-electron chi connectivity index (χ3n) is 3.69. The van der Waals surface area contributed by atoms with Crippen LogP contribution in [0.1, 0.15) is 10.4 Å². The van der Waals surface area contributed by atoms with Crippen molar-refractivity contribution in [3.8, 4) is 17.2 Å². The Bertz CT molecular complexity index is 921. The number of para-hydroxylation sites is 1. The lowest BCUT2D eigenvalue weighted by Gasteiger charge is -2.08. The maximum atomic E-state index is 12.9. The van der Waals surface area contributed by atoms with Gasteiger partial charge in [0.2, 0.25) is 0 Å². The Balaban J connectivity index is 1.46. The Kier molecular flexibility index (Phi) is 6.36. The van der Waals surface area contributed by atoms with Gasteiger partial charge in [0.25, 0.3) is 0 Å². The molecule has 0 atom stereocenters. The molecule has 0 heterocycles. The number of hydrogen-bond donors (Lipinski definition) is 0. The molecule has 0 bridgehead atoms. The molecule has 6 heteroatoms. The van der Waals surface area contributed by atoms with E-state index in [-0.39, 0.29) is 24.8 Å². The van der Waals surface area contributed by atoms with Crippen LogP contribution in [0.25, 0.3) is 0 Å². The van der Waals surface area contributed by atoms with Crippen molar-refractivity contribution in [2.24, 2.45) is 0 Å². The molecule has 5 nitrogen and oxygen atoms in total. The second-order valence-electron chi connectivity index (χ2n) is 5.77. The second kappa shape index (κ2) is 9.32. The van der Waals surface area contributed by atoms with Crippen molar-refractivity contribution in [1.29, 1.82) is 0 Å². The molecule has 0 radical (unpaired) electrons. The molecular weight excluding hydrogens is 363 g/mol. The summed E-state index contributed by atoms with van der Waals surface area (Å²) in [6.45, 7) is -0.656. The van der Waals surface area contributed by atoms with E-state index >= 15 is 0 Å². The molecule has 3 rings (SSSR count). The Hall–Kier alpha value is -3.67. The van der Waals surface area contributed by atoms with E-state index in [1.807, 2.05) is 6.07 Å². The van der Waals surface area contributed by atoms with Crippen LogP contribution in [0.15, 0.2) is 78.9 Å². The molecule has 3 aromatic carbocycles. The number of hydrogen-bond acceptors (Lipinski definition) is 5. The van der Waals surface area contributed by atoms with Crippen molar-refractivity contribution in [2.45, 2.75) is 0 Å². The maximum absolute atomic E-state index is 12.9. The van der Waals surface area contributed by atoms with Crippen molar-refractivity contribution >= 4 is 11.8 Å². The number of benzene rings is 3. The summed E-state index contributed by atoms with van der Waals surface area (Å²) in [6, 6.07) is 20.8. The first kappa shape index (κ1) is 19.1. The lowest BCUT2D eigenvalue weighted by Crippen LogP contribution is -2.19. The van der Waals surface area contributed by atoms with Crippen LogP contribution in [-0.2, 0) is 9.53 Å². The van der Waals surface area contributed by atoms with Crippen LogP contribution >= 0.6 is 0 Å². The molecule has 0 N–H and O–H groups in total. The summed E-state index contributed by atoms with van der Waals surface area (Å²) in [4.78, 5) is 23.8. The van der Waals surface area contributed by atoms with Crippen LogP contribution in [0.5, 0.6) is 17.2 Å². The smallest absolute Gasteiger partial charge is 0.344 e. The van der Waals surface area contributed by atoms with E-state index in [4.69, 9.17) is 14.2 Å². The molecule has 0 spiro atoms. The minimum atomic E-state index is -0.631. The van der Waals surface area contributed by atoms with Gasteiger partial charge in [0.15, 0.2) is 19.0 Å². The highest BCUT2D eigenvalue weighted by Crippen LogP contribution is 2.22. The number of rotatable bonds is 8. The average Bonchev–Trinajstić information content (AvgIpc) is 2.73. The number of carbonyl (C=O) groups is 2. The van der Waals surface area contributed by atoms with Gasteiger partial charge in [0.1, 0.15) is 23.1 Å². The number of Topliss-reactive ketones (excluding diaryl/α,β-unsaturated/α-hetero) is 1. The normalized spacial score (nSPS) is 10.2. The molecule has 3 aromatic rings. The zero-order valence-corrected chi connectivity index (χ0v) is 14.8. The Morgan fingerprint density at radius 2 is 1.32 bits per heavy atom.